The molecule has 0 saturated carbocycles. The molecule has 0 spiro atoms. The summed E-state index contributed by atoms with van der Waals surface area (Å²) in [5.41, 5.74) is 2.13. The molecule has 0 bridgehead atoms. The van der Waals surface area contributed by atoms with Crippen LogP contribution in [-0.2, 0) is 33.1 Å². The Labute approximate surface area is 276 Å². The van der Waals surface area contributed by atoms with Gasteiger partial charge in [0.1, 0.15) is 9.79 Å². The average Bonchev–Trinajstić information content (AvgIpc) is 3.45. The number of benzene rings is 2. The molecule has 0 atom stereocenters. The van der Waals surface area contributed by atoms with Crippen molar-refractivity contribution in [2.24, 2.45) is 0 Å². The Morgan fingerprint density at radius 1 is 0.467 bits per heavy atom. The highest BCUT2D eigenvalue weighted by molar-refractivity contribution is 7.87. The monoisotopic (exact) mass is 676 g/mol. The van der Waals surface area contributed by atoms with Crippen LogP contribution in [0.25, 0.3) is 0 Å². The largest absolute Gasteiger partial charge is 0.374 e. The summed E-state index contributed by atoms with van der Waals surface area (Å²) in [7, 11) is -8.34. The van der Waals surface area contributed by atoms with Crippen LogP contribution >= 0.6 is 11.3 Å². The first-order chi connectivity index (χ1) is 21.7. The fourth-order valence-corrected chi connectivity index (χ4v) is 7.91. The lowest BCUT2D eigenvalue weighted by atomic mass is 10.0. The molecule has 6 nitrogen and oxygen atoms in total. The van der Waals surface area contributed by atoms with Crippen molar-refractivity contribution >= 4 is 31.6 Å². The van der Waals surface area contributed by atoms with Crippen molar-refractivity contribution < 1.29 is 25.2 Å². The summed E-state index contributed by atoms with van der Waals surface area (Å²) in [6.45, 7) is 4.36. The van der Waals surface area contributed by atoms with Crippen LogP contribution in [0, 0.1) is 0 Å². The summed E-state index contributed by atoms with van der Waals surface area (Å²) in [5.74, 6) is -0.317. The molecule has 3 rings (SSSR count). The Kier molecular flexibility index (Phi) is 16.5. The van der Waals surface area contributed by atoms with Crippen molar-refractivity contribution in [3.05, 3.63) is 70.4 Å². The molecular weight excluding hydrogens is 625 g/mol. The van der Waals surface area contributed by atoms with E-state index in [9.17, 15) is 16.8 Å². The Bertz CT molecular complexity index is 1440. The van der Waals surface area contributed by atoms with Crippen molar-refractivity contribution in [2.45, 2.75) is 139 Å². The Balaban J connectivity index is 1.39. The lowest BCUT2D eigenvalue weighted by Gasteiger charge is -2.10. The molecule has 250 valence electrons. The molecule has 0 saturated heterocycles. The van der Waals surface area contributed by atoms with Crippen LogP contribution in [-0.4, -0.2) is 16.8 Å². The zero-order valence-corrected chi connectivity index (χ0v) is 29.6. The highest BCUT2D eigenvalue weighted by Crippen LogP contribution is 2.36. The average molecular weight is 677 g/mol. The van der Waals surface area contributed by atoms with Crippen LogP contribution in [0.3, 0.4) is 0 Å². The van der Waals surface area contributed by atoms with Gasteiger partial charge < -0.3 is 8.37 Å². The molecule has 1 aromatic heterocycles. The van der Waals surface area contributed by atoms with Gasteiger partial charge >= 0.3 is 20.2 Å². The van der Waals surface area contributed by atoms with Crippen molar-refractivity contribution in [2.75, 3.05) is 0 Å². The van der Waals surface area contributed by atoms with Crippen molar-refractivity contribution in [1.82, 2.24) is 0 Å². The van der Waals surface area contributed by atoms with Crippen LogP contribution in [0.1, 0.15) is 128 Å². The first kappa shape index (κ1) is 37.1. The standard InChI is InChI=1S/C36H52O6S3/c1-3-5-7-8-9-10-11-12-13-14-15-16-17-18-20-32-23-27-34(28-24-32)45(39,40)42-36-30-43-29-35(36)41-44(37,38)33-25-21-31(22-26-33)19-6-4-2/h21-30H,3-20H2,1-2H3. The second-order valence-corrected chi connectivity index (χ2v) is 15.7. The quantitative estimate of drug-likeness (QED) is 0.0693. The smallest absolute Gasteiger partial charge is 0.339 e. The molecule has 0 amide bonds. The van der Waals surface area contributed by atoms with Crippen molar-refractivity contribution in [3.63, 3.8) is 0 Å². The van der Waals surface area contributed by atoms with E-state index < -0.39 is 20.2 Å². The van der Waals surface area contributed by atoms with E-state index in [-0.39, 0.29) is 21.3 Å². The molecule has 1 heterocycles. The van der Waals surface area contributed by atoms with Gasteiger partial charge in [-0.25, -0.2) is 0 Å². The molecule has 2 aromatic carbocycles. The van der Waals surface area contributed by atoms with E-state index in [0.29, 0.717) is 0 Å². The van der Waals surface area contributed by atoms with Crippen LogP contribution in [0.2, 0.25) is 0 Å². The van der Waals surface area contributed by atoms with Gasteiger partial charge in [0.25, 0.3) is 0 Å². The minimum Gasteiger partial charge on any atom is -0.374 e. The predicted octanol–water partition coefficient (Wildman–Crippen LogP) is 10.6. The van der Waals surface area contributed by atoms with Gasteiger partial charge in [-0.05, 0) is 61.1 Å². The van der Waals surface area contributed by atoms with Crippen LogP contribution in [0.4, 0.5) is 0 Å². The number of thiophene rings is 1. The molecule has 0 N–H and O–H groups in total. The summed E-state index contributed by atoms with van der Waals surface area (Å²) in [4.78, 5) is 0.00651. The lowest BCUT2D eigenvalue weighted by Crippen LogP contribution is -2.13. The number of hydrogen-bond acceptors (Lipinski definition) is 7. The summed E-state index contributed by atoms with van der Waals surface area (Å²) in [6.07, 6.45) is 22.3. The van der Waals surface area contributed by atoms with Gasteiger partial charge in [0.15, 0.2) is 11.5 Å². The van der Waals surface area contributed by atoms with E-state index in [0.717, 1.165) is 54.6 Å². The number of aryl methyl sites for hydroxylation is 2. The molecule has 0 aliphatic heterocycles. The maximum Gasteiger partial charge on any atom is 0.339 e. The fourth-order valence-electron chi connectivity index (χ4n) is 5.28. The molecule has 45 heavy (non-hydrogen) atoms. The van der Waals surface area contributed by atoms with Gasteiger partial charge in [-0.3, -0.25) is 0 Å². The van der Waals surface area contributed by atoms with Gasteiger partial charge in [-0.1, -0.05) is 128 Å². The van der Waals surface area contributed by atoms with Crippen LogP contribution < -0.4 is 8.37 Å². The molecule has 0 fully saturated rings. The summed E-state index contributed by atoms with van der Waals surface area (Å²) in [5, 5.41) is 2.83. The SMILES string of the molecule is CCCCCCCCCCCCCCCCc1ccc(S(=O)(=O)Oc2cscc2OS(=O)(=O)c2ccc(CCCC)cc2)cc1. The zero-order chi connectivity index (χ0) is 32.4. The van der Waals surface area contributed by atoms with E-state index in [1.54, 1.807) is 12.1 Å². The Morgan fingerprint density at radius 2 is 0.800 bits per heavy atom. The van der Waals surface area contributed by atoms with Crippen LogP contribution in [0.5, 0.6) is 11.5 Å². The first-order valence-electron chi connectivity index (χ1n) is 16.9. The summed E-state index contributed by atoms with van der Waals surface area (Å²) < 4.78 is 62.3. The third-order valence-electron chi connectivity index (χ3n) is 8.05. The van der Waals surface area contributed by atoms with E-state index in [1.807, 2.05) is 12.1 Å². The van der Waals surface area contributed by atoms with Crippen molar-refractivity contribution in [3.8, 4) is 11.5 Å². The molecular formula is C36H52O6S3. The van der Waals surface area contributed by atoms with E-state index >= 15 is 0 Å². The lowest BCUT2D eigenvalue weighted by molar-refractivity contribution is 0.451. The third kappa shape index (κ3) is 13.5. The topological polar surface area (TPSA) is 86.7 Å². The molecule has 9 heteroatoms. The van der Waals surface area contributed by atoms with Gasteiger partial charge in [-0.15, -0.1) is 11.3 Å². The number of rotatable bonds is 24. The van der Waals surface area contributed by atoms with Crippen LogP contribution in [0.15, 0.2) is 69.1 Å². The first-order valence-corrected chi connectivity index (χ1v) is 20.6. The fraction of sp³-hybridized carbons (Fsp3) is 0.556. The maximum atomic E-state index is 13.0. The van der Waals surface area contributed by atoms with Gasteiger partial charge in [-0.2, -0.15) is 16.8 Å². The van der Waals surface area contributed by atoms with E-state index in [2.05, 4.69) is 13.8 Å². The van der Waals surface area contributed by atoms with Gasteiger partial charge in [0.2, 0.25) is 0 Å². The minimum atomic E-state index is -4.18. The molecule has 0 aliphatic rings. The second-order valence-electron chi connectivity index (χ2n) is 11.9. The summed E-state index contributed by atoms with van der Waals surface area (Å²) >= 11 is 1.10. The predicted molar refractivity (Wildman–Crippen MR) is 185 cm³/mol. The third-order valence-corrected chi connectivity index (χ3v) is 11.3. The molecule has 3 aromatic rings. The maximum absolute atomic E-state index is 13.0. The number of hydrogen-bond donors (Lipinski definition) is 0. The van der Waals surface area contributed by atoms with E-state index in [4.69, 9.17) is 8.37 Å². The minimum absolute atomic E-state index is 0.00264. The summed E-state index contributed by atoms with van der Waals surface area (Å²) in [6, 6.07) is 13.3. The van der Waals surface area contributed by atoms with Crippen molar-refractivity contribution in [1.29, 1.82) is 0 Å². The zero-order valence-electron chi connectivity index (χ0n) is 27.2. The Hall–Kier alpha value is -2.36. The second kappa shape index (κ2) is 20.0. The molecule has 0 radical (unpaired) electrons. The van der Waals surface area contributed by atoms with E-state index in [1.165, 1.54) is 118 Å². The van der Waals surface area contributed by atoms with Gasteiger partial charge in [0.05, 0.1) is 0 Å². The van der Waals surface area contributed by atoms with Gasteiger partial charge in [0, 0.05) is 10.8 Å². The normalized spacial score (nSPS) is 12.0. The molecule has 0 aliphatic carbocycles. The molecule has 0 unspecified atom stereocenters. The Morgan fingerprint density at radius 3 is 1.18 bits per heavy atom. The highest BCUT2D eigenvalue weighted by Gasteiger charge is 2.24. The highest BCUT2D eigenvalue weighted by atomic mass is 32.2. The number of unbranched alkanes of at least 4 members (excludes halogenated alkanes) is 14.